The van der Waals surface area contributed by atoms with Gasteiger partial charge in [0.15, 0.2) is 0 Å². The highest BCUT2D eigenvalue weighted by molar-refractivity contribution is 7.20. The number of rotatable bonds is 5. The number of aromatic nitrogens is 2. The van der Waals surface area contributed by atoms with Gasteiger partial charge in [-0.2, -0.15) is 0 Å². The number of thiophene rings is 1. The summed E-state index contributed by atoms with van der Waals surface area (Å²) in [5.74, 6) is 0.230. The number of hydrogen-bond acceptors (Lipinski definition) is 7. The van der Waals surface area contributed by atoms with E-state index in [0.29, 0.717) is 49.9 Å². The van der Waals surface area contributed by atoms with E-state index >= 15 is 0 Å². The molecule has 0 radical (unpaired) electrons. The molecular formula is C18H23N3O4S. The molecule has 3 rings (SSSR count). The summed E-state index contributed by atoms with van der Waals surface area (Å²) in [5.41, 5.74) is 0.853. The van der Waals surface area contributed by atoms with E-state index in [4.69, 9.17) is 9.47 Å². The Bertz CT molecular complexity index is 812. The van der Waals surface area contributed by atoms with Crippen molar-refractivity contribution in [3.63, 3.8) is 0 Å². The number of hydrogen-bond donors (Lipinski definition) is 0. The molecule has 1 aliphatic rings. The Hall–Kier alpha value is -2.22. The van der Waals surface area contributed by atoms with Crippen molar-refractivity contribution in [3.8, 4) is 5.88 Å². The summed E-state index contributed by atoms with van der Waals surface area (Å²) >= 11 is 1.37. The number of carbonyl (C=O) groups excluding carboxylic acids is 2. The molecule has 0 spiro atoms. The second-order valence-corrected chi connectivity index (χ2v) is 7.17. The molecule has 0 N–H and O–H groups in total. The Morgan fingerprint density at radius 2 is 1.96 bits per heavy atom. The molecule has 1 aliphatic heterocycles. The van der Waals surface area contributed by atoms with Crippen LogP contribution in [0.5, 0.6) is 5.88 Å². The van der Waals surface area contributed by atoms with Crippen molar-refractivity contribution in [2.45, 2.75) is 33.6 Å². The summed E-state index contributed by atoms with van der Waals surface area (Å²) in [7, 11) is 0. The largest absolute Gasteiger partial charge is 0.477 e. The number of esters is 1. The first kappa shape index (κ1) is 18.6. The molecule has 1 amide bonds. The summed E-state index contributed by atoms with van der Waals surface area (Å²) in [6.07, 6.45) is 2.74. The molecule has 3 heterocycles. The molecule has 0 aromatic carbocycles. The predicted octanol–water partition coefficient (Wildman–Crippen LogP) is 2.81. The van der Waals surface area contributed by atoms with Gasteiger partial charge >= 0.3 is 5.97 Å². The van der Waals surface area contributed by atoms with Crippen LogP contribution in [-0.2, 0) is 9.53 Å². The molecule has 1 saturated heterocycles. The van der Waals surface area contributed by atoms with Crippen molar-refractivity contribution in [3.05, 3.63) is 16.8 Å². The average molecular weight is 377 g/mol. The highest BCUT2D eigenvalue weighted by Crippen LogP contribution is 2.35. The fourth-order valence-corrected chi connectivity index (χ4v) is 4.32. The Balaban J connectivity index is 1.78. The number of amides is 1. The van der Waals surface area contributed by atoms with E-state index in [1.165, 1.54) is 17.7 Å². The van der Waals surface area contributed by atoms with Crippen molar-refractivity contribution in [1.29, 1.82) is 0 Å². The summed E-state index contributed by atoms with van der Waals surface area (Å²) in [6, 6.07) is 0. The number of nitrogens with zero attached hydrogens (tertiary/aromatic N) is 3. The number of fused-ring (bicyclic) bond motifs is 1. The van der Waals surface area contributed by atoms with Gasteiger partial charge in [0, 0.05) is 13.1 Å². The van der Waals surface area contributed by atoms with Gasteiger partial charge in [-0.05, 0) is 39.2 Å². The summed E-state index contributed by atoms with van der Waals surface area (Å²) in [4.78, 5) is 36.6. The fraction of sp³-hybridized carbons (Fsp3) is 0.556. The lowest BCUT2D eigenvalue weighted by Crippen LogP contribution is -2.40. The van der Waals surface area contributed by atoms with Gasteiger partial charge < -0.3 is 14.4 Å². The zero-order valence-corrected chi connectivity index (χ0v) is 16.1. The summed E-state index contributed by atoms with van der Waals surface area (Å²) < 4.78 is 10.7. The van der Waals surface area contributed by atoms with Crippen LogP contribution in [0.25, 0.3) is 10.2 Å². The zero-order chi connectivity index (χ0) is 18.7. The van der Waals surface area contributed by atoms with E-state index in [-0.39, 0.29) is 17.8 Å². The van der Waals surface area contributed by atoms with Crippen LogP contribution in [0.4, 0.5) is 0 Å². The Kier molecular flexibility index (Phi) is 5.70. The first-order valence-corrected chi connectivity index (χ1v) is 9.71. The number of piperidine rings is 1. The zero-order valence-electron chi connectivity index (χ0n) is 15.3. The van der Waals surface area contributed by atoms with E-state index in [2.05, 4.69) is 9.97 Å². The maximum absolute atomic E-state index is 13.0. The van der Waals surface area contributed by atoms with Crippen molar-refractivity contribution >= 4 is 33.4 Å². The van der Waals surface area contributed by atoms with Gasteiger partial charge in [-0.3, -0.25) is 9.59 Å². The predicted molar refractivity (Wildman–Crippen MR) is 98.6 cm³/mol. The van der Waals surface area contributed by atoms with Gasteiger partial charge in [-0.15, -0.1) is 11.3 Å². The van der Waals surface area contributed by atoms with Crippen LogP contribution in [0.2, 0.25) is 0 Å². The van der Waals surface area contributed by atoms with Crippen molar-refractivity contribution in [2.24, 2.45) is 5.92 Å². The smallest absolute Gasteiger partial charge is 0.309 e. The summed E-state index contributed by atoms with van der Waals surface area (Å²) in [6.45, 7) is 7.62. The standard InChI is InChI=1S/C18H23N3O4S/c1-4-24-15-13-11(3)14(26-16(13)20-10-19-15)17(22)21-8-6-12(7-9-21)18(23)25-5-2/h10,12H,4-9H2,1-3H3. The lowest BCUT2D eigenvalue weighted by atomic mass is 9.97. The molecule has 1 fully saturated rings. The van der Waals surface area contributed by atoms with Gasteiger partial charge in [-0.1, -0.05) is 0 Å². The van der Waals surface area contributed by atoms with Crippen molar-refractivity contribution in [1.82, 2.24) is 14.9 Å². The maximum Gasteiger partial charge on any atom is 0.309 e. The molecule has 0 bridgehead atoms. The van der Waals surface area contributed by atoms with Crippen molar-refractivity contribution in [2.75, 3.05) is 26.3 Å². The molecule has 0 saturated carbocycles. The molecule has 0 unspecified atom stereocenters. The highest BCUT2D eigenvalue weighted by Gasteiger charge is 2.30. The third-order valence-corrected chi connectivity index (χ3v) is 5.76. The van der Waals surface area contributed by atoms with E-state index in [9.17, 15) is 9.59 Å². The average Bonchev–Trinajstić information content (AvgIpc) is 2.99. The second-order valence-electron chi connectivity index (χ2n) is 6.17. The topological polar surface area (TPSA) is 81.6 Å². The molecule has 2 aromatic heterocycles. The van der Waals surface area contributed by atoms with Crippen LogP contribution in [-0.4, -0.2) is 53.0 Å². The maximum atomic E-state index is 13.0. The van der Waals surface area contributed by atoms with Crippen LogP contribution in [0, 0.1) is 12.8 Å². The molecule has 8 heteroatoms. The molecule has 0 aliphatic carbocycles. The fourth-order valence-electron chi connectivity index (χ4n) is 3.21. The number of likely N-dealkylation sites (tertiary alicyclic amines) is 1. The Morgan fingerprint density at radius 3 is 2.62 bits per heavy atom. The van der Waals surface area contributed by atoms with Crippen LogP contribution < -0.4 is 4.74 Å². The lowest BCUT2D eigenvalue weighted by Gasteiger charge is -2.30. The second kappa shape index (κ2) is 7.99. The number of ether oxygens (including phenoxy) is 2. The molecule has 2 aromatic rings. The molecule has 26 heavy (non-hydrogen) atoms. The molecular weight excluding hydrogens is 354 g/mol. The minimum Gasteiger partial charge on any atom is -0.477 e. The van der Waals surface area contributed by atoms with E-state index in [1.807, 2.05) is 13.8 Å². The van der Waals surface area contributed by atoms with Crippen molar-refractivity contribution < 1.29 is 19.1 Å². The minimum absolute atomic E-state index is 0.0183. The Labute approximate surface area is 156 Å². The highest BCUT2D eigenvalue weighted by atomic mass is 32.1. The Morgan fingerprint density at radius 1 is 1.23 bits per heavy atom. The quantitative estimate of drug-likeness (QED) is 0.745. The van der Waals surface area contributed by atoms with Gasteiger partial charge in [0.25, 0.3) is 5.91 Å². The minimum atomic E-state index is -0.158. The van der Waals surface area contributed by atoms with Gasteiger partial charge in [-0.25, -0.2) is 9.97 Å². The van der Waals surface area contributed by atoms with E-state index < -0.39 is 0 Å². The molecule has 7 nitrogen and oxygen atoms in total. The summed E-state index contributed by atoms with van der Waals surface area (Å²) in [5, 5.41) is 0.809. The SMILES string of the molecule is CCOC(=O)C1CCN(C(=O)c2sc3ncnc(OCC)c3c2C)CC1. The first-order valence-electron chi connectivity index (χ1n) is 8.89. The normalized spacial score (nSPS) is 15.3. The van der Waals surface area contributed by atoms with Gasteiger partial charge in [0.1, 0.15) is 11.2 Å². The van der Waals surface area contributed by atoms with Gasteiger partial charge in [0.05, 0.1) is 29.4 Å². The number of aryl methyl sites for hydroxylation is 1. The van der Waals surface area contributed by atoms with Gasteiger partial charge in [0.2, 0.25) is 5.88 Å². The molecule has 140 valence electrons. The van der Waals surface area contributed by atoms with E-state index in [1.54, 1.807) is 11.8 Å². The molecule has 0 atom stereocenters. The lowest BCUT2D eigenvalue weighted by molar-refractivity contribution is -0.149. The van der Waals surface area contributed by atoms with Crippen LogP contribution >= 0.6 is 11.3 Å². The van der Waals surface area contributed by atoms with Crippen LogP contribution in [0.15, 0.2) is 6.33 Å². The third-order valence-electron chi connectivity index (χ3n) is 4.57. The number of carbonyl (C=O) groups is 2. The van der Waals surface area contributed by atoms with Crippen LogP contribution in [0.1, 0.15) is 41.9 Å². The first-order chi connectivity index (χ1) is 12.6. The monoisotopic (exact) mass is 377 g/mol. The third kappa shape index (κ3) is 3.51. The van der Waals surface area contributed by atoms with E-state index in [0.717, 1.165) is 15.8 Å². The van der Waals surface area contributed by atoms with Crippen LogP contribution in [0.3, 0.4) is 0 Å².